The molecule has 1 rings (SSSR count). The predicted octanol–water partition coefficient (Wildman–Crippen LogP) is 0.687. The summed E-state index contributed by atoms with van der Waals surface area (Å²) in [6.45, 7) is 0.0588. The van der Waals surface area contributed by atoms with Gasteiger partial charge in [0.2, 0.25) is 0 Å². The Hall–Kier alpha value is -1.84. The number of aliphatic hydroxyl groups is 1. The topological polar surface area (TPSA) is 56.9 Å². The highest BCUT2D eigenvalue weighted by molar-refractivity contribution is 5.33. The molecule has 0 aliphatic heterocycles. The fourth-order valence-corrected chi connectivity index (χ4v) is 0.743. The summed E-state index contributed by atoms with van der Waals surface area (Å²) >= 11 is 0. The monoisotopic (exact) mass is 172 g/mol. The van der Waals surface area contributed by atoms with Crippen molar-refractivity contribution in [1.29, 1.82) is 5.26 Å². The van der Waals surface area contributed by atoms with Crippen LogP contribution in [0.15, 0.2) is 18.3 Å². The number of hydrogen-bond acceptors (Lipinski definition) is 3. The van der Waals surface area contributed by atoms with Crippen LogP contribution in [0.3, 0.4) is 0 Å². The van der Waals surface area contributed by atoms with Crippen molar-refractivity contribution in [2.75, 3.05) is 6.61 Å². The van der Waals surface area contributed by atoms with Gasteiger partial charge in [0, 0.05) is 12.6 Å². The Morgan fingerprint density at radius 2 is 2.31 bits per heavy atom. The minimum atomic E-state index is 0.0588. The SMILES string of the molecule is N#Cc1ccc(C#CCCO)nc1. The second-order valence-electron chi connectivity index (χ2n) is 2.32. The van der Waals surface area contributed by atoms with Crippen molar-refractivity contribution in [3.63, 3.8) is 0 Å². The molecule has 0 saturated heterocycles. The summed E-state index contributed by atoms with van der Waals surface area (Å²) in [5.74, 6) is 5.51. The van der Waals surface area contributed by atoms with Crippen molar-refractivity contribution in [2.24, 2.45) is 0 Å². The number of nitriles is 1. The van der Waals surface area contributed by atoms with E-state index in [0.717, 1.165) is 0 Å². The number of rotatable bonds is 1. The van der Waals surface area contributed by atoms with Gasteiger partial charge in [0.05, 0.1) is 12.2 Å². The third kappa shape index (κ3) is 2.94. The first-order valence-corrected chi connectivity index (χ1v) is 3.82. The summed E-state index contributed by atoms with van der Waals surface area (Å²) < 4.78 is 0. The van der Waals surface area contributed by atoms with Crippen molar-refractivity contribution >= 4 is 0 Å². The third-order valence-corrected chi connectivity index (χ3v) is 1.35. The zero-order valence-electron chi connectivity index (χ0n) is 6.99. The summed E-state index contributed by atoms with van der Waals surface area (Å²) in [7, 11) is 0. The van der Waals surface area contributed by atoms with Crippen LogP contribution in [0.25, 0.3) is 0 Å². The summed E-state index contributed by atoms with van der Waals surface area (Å²) in [6.07, 6.45) is 1.92. The van der Waals surface area contributed by atoms with E-state index >= 15 is 0 Å². The highest BCUT2D eigenvalue weighted by atomic mass is 16.2. The Balaban J connectivity index is 2.72. The minimum absolute atomic E-state index is 0.0588. The van der Waals surface area contributed by atoms with E-state index in [1.807, 2.05) is 6.07 Å². The maximum atomic E-state index is 8.48. The molecule has 64 valence electrons. The number of nitrogens with zero attached hydrogens (tertiary/aromatic N) is 2. The molecule has 0 bridgehead atoms. The van der Waals surface area contributed by atoms with E-state index in [4.69, 9.17) is 10.4 Å². The molecule has 1 heterocycles. The van der Waals surface area contributed by atoms with Crippen molar-refractivity contribution in [1.82, 2.24) is 4.98 Å². The smallest absolute Gasteiger partial charge is 0.113 e. The van der Waals surface area contributed by atoms with E-state index < -0.39 is 0 Å². The highest BCUT2D eigenvalue weighted by Crippen LogP contribution is 1.96. The molecule has 0 amide bonds. The average molecular weight is 172 g/mol. The lowest BCUT2D eigenvalue weighted by molar-refractivity contribution is 0.305. The Kier molecular flexibility index (Phi) is 3.50. The molecule has 0 fully saturated rings. The van der Waals surface area contributed by atoms with E-state index in [2.05, 4.69) is 16.8 Å². The first-order chi connectivity index (χ1) is 6.36. The van der Waals surface area contributed by atoms with Gasteiger partial charge in [-0.15, -0.1) is 0 Å². The molecule has 1 N–H and O–H groups in total. The molecule has 3 heteroatoms. The summed E-state index contributed by atoms with van der Waals surface area (Å²) in [6, 6.07) is 5.32. The van der Waals surface area contributed by atoms with Crippen molar-refractivity contribution in [2.45, 2.75) is 6.42 Å². The van der Waals surface area contributed by atoms with E-state index in [0.29, 0.717) is 17.7 Å². The van der Waals surface area contributed by atoms with E-state index in [1.165, 1.54) is 6.20 Å². The molecule has 13 heavy (non-hydrogen) atoms. The number of aromatic nitrogens is 1. The first-order valence-electron chi connectivity index (χ1n) is 3.82. The number of aliphatic hydroxyl groups excluding tert-OH is 1. The van der Waals surface area contributed by atoms with E-state index in [9.17, 15) is 0 Å². The lowest BCUT2D eigenvalue weighted by Gasteiger charge is -1.88. The van der Waals surface area contributed by atoms with Gasteiger partial charge in [-0.1, -0.05) is 5.92 Å². The third-order valence-electron chi connectivity index (χ3n) is 1.35. The zero-order valence-corrected chi connectivity index (χ0v) is 6.99. The summed E-state index contributed by atoms with van der Waals surface area (Å²) in [4.78, 5) is 3.94. The maximum Gasteiger partial charge on any atom is 0.113 e. The van der Waals surface area contributed by atoms with E-state index in [-0.39, 0.29) is 6.61 Å². The average Bonchev–Trinajstić information content (AvgIpc) is 2.19. The maximum absolute atomic E-state index is 8.48. The van der Waals surface area contributed by atoms with Crippen LogP contribution in [-0.4, -0.2) is 16.7 Å². The van der Waals surface area contributed by atoms with Crippen LogP contribution in [0.2, 0.25) is 0 Å². The van der Waals surface area contributed by atoms with Gasteiger partial charge in [-0.3, -0.25) is 0 Å². The van der Waals surface area contributed by atoms with Crippen LogP contribution < -0.4 is 0 Å². The Labute approximate surface area is 76.7 Å². The fraction of sp³-hybridized carbons (Fsp3) is 0.200. The molecular weight excluding hydrogens is 164 g/mol. The summed E-state index contributed by atoms with van der Waals surface area (Å²) in [5, 5.41) is 16.9. The number of hydrogen-bond donors (Lipinski definition) is 1. The van der Waals surface area contributed by atoms with Crippen LogP contribution in [-0.2, 0) is 0 Å². The van der Waals surface area contributed by atoms with Crippen LogP contribution in [0, 0.1) is 23.2 Å². The van der Waals surface area contributed by atoms with Crippen LogP contribution >= 0.6 is 0 Å². The molecule has 0 atom stereocenters. The van der Waals surface area contributed by atoms with Gasteiger partial charge in [0.15, 0.2) is 0 Å². The van der Waals surface area contributed by atoms with Crippen molar-refractivity contribution in [3.05, 3.63) is 29.6 Å². The van der Waals surface area contributed by atoms with Crippen LogP contribution in [0.1, 0.15) is 17.7 Å². The normalized spacial score (nSPS) is 8.31. The Bertz CT molecular complexity index is 365. The molecule has 3 nitrogen and oxygen atoms in total. The lowest BCUT2D eigenvalue weighted by atomic mass is 10.2. The largest absolute Gasteiger partial charge is 0.395 e. The Morgan fingerprint density at radius 3 is 2.85 bits per heavy atom. The van der Waals surface area contributed by atoms with Crippen LogP contribution in [0.4, 0.5) is 0 Å². The van der Waals surface area contributed by atoms with Crippen LogP contribution in [0.5, 0.6) is 0 Å². The quantitative estimate of drug-likeness (QED) is 0.634. The molecule has 0 saturated carbocycles. The second-order valence-corrected chi connectivity index (χ2v) is 2.32. The predicted molar refractivity (Wildman–Crippen MR) is 47.5 cm³/mol. The van der Waals surface area contributed by atoms with Gasteiger partial charge >= 0.3 is 0 Å². The van der Waals surface area contributed by atoms with Gasteiger partial charge in [-0.25, -0.2) is 4.98 Å². The molecule has 1 aromatic rings. The van der Waals surface area contributed by atoms with E-state index in [1.54, 1.807) is 12.1 Å². The highest BCUT2D eigenvalue weighted by Gasteiger charge is 1.89. The van der Waals surface area contributed by atoms with Gasteiger partial charge < -0.3 is 5.11 Å². The standard InChI is InChI=1S/C10H8N2O/c11-7-9-4-5-10(12-8-9)3-1-2-6-13/h4-5,8,13H,2,6H2. The summed E-state index contributed by atoms with van der Waals surface area (Å²) in [5.41, 5.74) is 1.14. The fourth-order valence-electron chi connectivity index (χ4n) is 0.743. The molecular formula is C10H8N2O. The second kappa shape index (κ2) is 4.92. The van der Waals surface area contributed by atoms with Gasteiger partial charge in [-0.2, -0.15) is 5.26 Å². The molecule has 0 aromatic carbocycles. The van der Waals surface area contributed by atoms with Crippen molar-refractivity contribution < 1.29 is 5.11 Å². The lowest BCUT2D eigenvalue weighted by Crippen LogP contribution is -1.83. The minimum Gasteiger partial charge on any atom is -0.395 e. The Morgan fingerprint density at radius 1 is 1.46 bits per heavy atom. The molecule has 0 aliphatic rings. The molecule has 1 aromatic heterocycles. The molecule has 0 aliphatic carbocycles. The molecule has 0 spiro atoms. The number of pyridine rings is 1. The van der Waals surface area contributed by atoms with Gasteiger partial charge in [0.25, 0.3) is 0 Å². The molecule has 0 unspecified atom stereocenters. The first kappa shape index (κ1) is 9.25. The van der Waals surface area contributed by atoms with Gasteiger partial charge in [0.1, 0.15) is 11.8 Å². The van der Waals surface area contributed by atoms with Gasteiger partial charge in [-0.05, 0) is 18.1 Å². The zero-order chi connectivity index (χ0) is 9.52. The molecule has 0 radical (unpaired) electrons. The van der Waals surface area contributed by atoms with Crippen molar-refractivity contribution in [3.8, 4) is 17.9 Å².